The second-order valence-electron chi connectivity index (χ2n) is 5.28. The van der Waals surface area contributed by atoms with Gasteiger partial charge in [0.2, 0.25) is 0 Å². The summed E-state index contributed by atoms with van der Waals surface area (Å²) < 4.78 is 0. The molecule has 0 unspecified atom stereocenters. The van der Waals surface area contributed by atoms with E-state index in [1.54, 1.807) is 0 Å². The summed E-state index contributed by atoms with van der Waals surface area (Å²) in [5.74, 6) is -1.36. The molecule has 0 spiro atoms. The minimum absolute atomic E-state index is 0.143. The number of carbonyl (C=O) groups is 2. The van der Waals surface area contributed by atoms with Gasteiger partial charge in [0.1, 0.15) is 0 Å². The van der Waals surface area contributed by atoms with Gasteiger partial charge in [0.25, 0.3) is 0 Å². The summed E-state index contributed by atoms with van der Waals surface area (Å²) in [5.41, 5.74) is 0.0955. The van der Waals surface area contributed by atoms with Gasteiger partial charge >= 0.3 is 11.8 Å². The highest BCUT2D eigenvalue weighted by Gasteiger charge is 2.31. The average Bonchev–Trinajstić information content (AvgIpc) is 2.90. The van der Waals surface area contributed by atoms with E-state index >= 15 is 0 Å². The molecule has 0 heterocycles. The minimum atomic E-state index is -0.838. The molecule has 2 amide bonds. The van der Waals surface area contributed by atoms with Gasteiger partial charge in [-0.2, -0.15) is 0 Å². The van der Waals surface area contributed by atoms with E-state index in [0.29, 0.717) is 19.4 Å². The Kier molecular flexibility index (Phi) is 4.74. The van der Waals surface area contributed by atoms with Crippen molar-refractivity contribution in [3.8, 4) is 0 Å². The van der Waals surface area contributed by atoms with E-state index in [9.17, 15) is 14.7 Å². The standard InChI is InChI=1S/C15H20N2O3/c18-13(16-10-12-6-2-1-3-7-12)14(19)17-11-15(20)8-4-5-9-15/h1-3,6-7,20H,4-5,8-11H2,(H,16,18)(H,17,19). The molecule has 5 nitrogen and oxygen atoms in total. The van der Waals surface area contributed by atoms with Crippen molar-refractivity contribution in [1.29, 1.82) is 0 Å². The summed E-state index contributed by atoms with van der Waals surface area (Å²) in [6.07, 6.45) is 3.29. The van der Waals surface area contributed by atoms with Gasteiger partial charge in [-0.25, -0.2) is 0 Å². The Morgan fingerprint density at radius 1 is 1.05 bits per heavy atom. The van der Waals surface area contributed by atoms with Gasteiger partial charge < -0.3 is 15.7 Å². The fourth-order valence-corrected chi connectivity index (χ4v) is 2.39. The number of hydrogen-bond acceptors (Lipinski definition) is 3. The van der Waals surface area contributed by atoms with Crippen LogP contribution in [-0.2, 0) is 16.1 Å². The molecule has 20 heavy (non-hydrogen) atoms. The summed E-state index contributed by atoms with van der Waals surface area (Å²) in [6, 6.07) is 9.38. The second-order valence-corrected chi connectivity index (χ2v) is 5.28. The zero-order chi connectivity index (χ0) is 14.4. The molecule has 1 saturated carbocycles. The monoisotopic (exact) mass is 276 g/mol. The third-order valence-electron chi connectivity index (χ3n) is 3.61. The van der Waals surface area contributed by atoms with Gasteiger partial charge in [-0.3, -0.25) is 9.59 Å². The smallest absolute Gasteiger partial charge is 0.309 e. The van der Waals surface area contributed by atoms with Crippen LogP contribution in [0.25, 0.3) is 0 Å². The molecule has 0 bridgehead atoms. The van der Waals surface area contributed by atoms with Crippen LogP contribution in [0, 0.1) is 0 Å². The first kappa shape index (κ1) is 14.5. The van der Waals surface area contributed by atoms with E-state index in [1.807, 2.05) is 30.3 Å². The normalized spacial score (nSPS) is 16.6. The topological polar surface area (TPSA) is 78.4 Å². The molecule has 0 atom stereocenters. The summed E-state index contributed by atoms with van der Waals surface area (Å²) in [5, 5.41) is 15.1. The average molecular weight is 276 g/mol. The summed E-state index contributed by atoms with van der Waals surface area (Å²) in [7, 11) is 0. The van der Waals surface area contributed by atoms with Crippen LogP contribution in [-0.4, -0.2) is 29.1 Å². The predicted octanol–water partition coefficient (Wildman–Crippen LogP) is 0.724. The quantitative estimate of drug-likeness (QED) is 0.709. The van der Waals surface area contributed by atoms with Crippen molar-refractivity contribution < 1.29 is 14.7 Å². The Morgan fingerprint density at radius 3 is 2.30 bits per heavy atom. The van der Waals surface area contributed by atoms with E-state index in [4.69, 9.17) is 0 Å². The van der Waals surface area contributed by atoms with Crippen LogP contribution in [0.5, 0.6) is 0 Å². The lowest BCUT2D eigenvalue weighted by atomic mass is 10.0. The van der Waals surface area contributed by atoms with Crippen molar-refractivity contribution in [2.75, 3.05) is 6.54 Å². The maximum atomic E-state index is 11.6. The molecule has 5 heteroatoms. The van der Waals surface area contributed by atoms with Gasteiger partial charge in [-0.1, -0.05) is 43.2 Å². The largest absolute Gasteiger partial charge is 0.388 e. The highest BCUT2D eigenvalue weighted by molar-refractivity contribution is 6.35. The molecule has 3 N–H and O–H groups in total. The fraction of sp³-hybridized carbons (Fsp3) is 0.467. The highest BCUT2D eigenvalue weighted by Crippen LogP contribution is 2.28. The lowest BCUT2D eigenvalue weighted by Crippen LogP contribution is -2.46. The van der Waals surface area contributed by atoms with E-state index in [2.05, 4.69) is 10.6 Å². The number of benzene rings is 1. The summed E-state index contributed by atoms with van der Waals surface area (Å²) >= 11 is 0. The predicted molar refractivity (Wildman–Crippen MR) is 74.7 cm³/mol. The third kappa shape index (κ3) is 4.06. The molecule has 1 aliphatic carbocycles. The lowest BCUT2D eigenvalue weighted by Gasteiger charge is -2.22. The van der Waals surface area contributed by atoms with Crippen LogP contribution >= 0.6 is 0 Å². The Labute approximate surface area is 118 Å². The van der Waals surface area contributed by atoms with Crippen LogP contribution in [0.2, 0.25) is 0 Å². The van der Waals surface area contributed by atoms with Crippen LogP contribution in [0.4, 0.5) is 0 Å². The molecule has 0 aromatic heterocycles. The number of rotatable bonds is 4. The van der Waals surface area contributed by atoms with Crippen molar-refractivity contribution in [3.05, 3.63) is 35.9 Å². The maximum absolute atomic E-state index is 11.6. The van der Waals surface area contributed by atoms with Crippen molar-refractivity contribution in [2.45, 2.75) is 37.8 Å². The highest BCUT2D eigenvalue weighted by atomic mass is 16.3. The third-order valence-corrected chi connectivity index (χ3v) is 3.61. The summed E-state index contributed by atoms with van der Waals surface area (Å²) in [6.45, 7) is 0.460. The molecule has 1 aliphatic rings. The van der Waals surface area contributed by atoms with E-state index < -0.39 is 17.4 Å². The van der Waals surface area contributed by atoms with Gasteiger partial charge in [0.15, 0.2) is 0 Å². The molecule has 0 saturated heterocycles. The molecule has 0 radical (unpaired) electrons. The number of carbonyl (C=O) groups excluding carboxylic acids is 2. The van der Waals surface area contributed by atoms with E-state index in [1.165, 1.54) is 0 Å². The van der Waals surface area contributed by atoms with E-state index in [0.717, 1.165) is 18.4 Å². The van der Waals surface area contributed by atoms with Crippen LogP contribution in [0.1, 0.15) is 31.2 Å². The maximum Gasteiger partial charge on any atom is 0.309 e. The first-order valence-electron chi connectivity index (χ1n) is 6.91. The van der Waals surface area contributed by atoms with Crippen molar-refractivity contribution >= 4 is 11.8 Å². The zero-order valence-electron chi connectivity index (χ0n) is 11.4. The Hall–Kier alpha value is -1.88. The van der Waals surface area contributed by atoms with Crippen LogP contribution < -0.4 is 10.6 Å². The number of amides is 2. The van der Waals surface area contributed by atoms with Gasteiger partial charge in [-0.05, 0) is 18.4 Å². The number of aliphatic hydroxyl groups is 1. The molecule has 0 aliphatic heterocycles. The van der Waals surface area contributed by atoms with Gasteiger partial charge in [-0.15, -0.1) is 0 Å². The molecule has 1 aromatic carbocycles. The number of nitrogens with one attached hydrogen (secondary N) is 2. The van der Waals surface area contributed by atoms with Crippen molar-refractivity contribution in [3.63, 3.8) is 0 Å². The second kappa shape index (κ2) is 6.52. The SMILES string of the molecule is O=C(NCc1ccccc1)C(=O)NCC1(O)CCCC1. The minimum Gasteiger partial charge on any atom is -0.388 e. The Bertz CT molecular complexity index is 467. The van der Waals surface area contributed by atoms with Crippen LogP contribution in [0.15, 0.2) is 30.3 Å². The Morgan fingerprint density at radius 2 is 1.65 bits per heavy atom. The lowest BCUT2D eigenvalue weighted by molar-refractivity contribution is -0.139. The molecular formula is C15H20N2O3. The first-order chi connectivity index (χ1) is 9.59. The summed E-state index contributed by atoms with van der Waals surface area (Å²) in [4.78, 5) is 23.2. The molecule has 2 rings (SSSR count). The van der Waals surface area contributed by atoms with Crippen molar-refractivity contribution in [2.24, 2.45) is 0 Å². The van der Waals surface area contributed by atoms with Crippen LogP contribution in [0.3, 0.4) is 0 Å². The van der Waals surface area contributed by atoms with Gasteiger partial charge in [0, 0.05) is 13.1 Å². The van der Waals surface area contributed by atoms with E-state index in [-0.39, 0.29) is 6.54 Å². The zero-order valence-corrected chi connectivity index (χ0v) is 11.4. The number of hydrogen-bond donors (Lipinski definition) is 3. The van der Waals surface area contributed by atoms with Crippen molar-refractivity contribution in [1.82, 2.24) is 10.6 Å². The fourth-order valence-electron chi connectivity index (χ4n) is 2.39. The van der Waals surface area contributed by atoms with Gasteiger partial charge in [0.05, 0.1) is 5.60 Å². The Balaban J connectivity index is 1.73. The molecule has 108 valence electrons. The molecular weight excluding hydrogens is 256 g/mol. The molecule has 1 fully saturated rings. The molecule has 1 aromatic rings. The first-order valence-corrected chi connectivity index (χ1v) is 6.91.